The van der Waals surface area contributed by atoms with Crippen LogP contribution in [0, 0.1) is 5.92 Å². The molecule has 0 unspecified atom stereocenters. The molecule has 0 amide bonds. The largest absolute Gasteiger partial charge is 0.508 e. The molecule has 1 aromatic heterocycles. The number of para-hydroxylation sites is 1. The summed E-state index contributed by atoms with van der Waals surface area (Å²) in [7, 11) is 0. The number of hydrogen-bond acceptors (Lipinski definition) is 4. The second kappa shape index (κ2) is 6.08. The average Bonchev–Trinajstić information content (AvgIpc) is 3.57. The molecule has 2 heterocycles. The zero-order valence-electron chi connectivity index (χ0n) is 17.7. The van der Waals surface area contributed by atoms with Crippen LogP contribution in [-0.4, -0.2) is 44.8 Å². The highest BCUT2D eigenvalue weighted by Crippen LogP contribution is 2.57. The summed E-state index contributed by atoms with van der Waals surface area (Å²) in [5, 5.41) is 24.1. The van der Waals surface area contributed by atoms with Gasteiger partial charge in [-0.05, 0) is 79.1 Å². The molecule has 2 aromatic carbocycles. The summed E-state index contributed by atoms with van der Waals surface area (Å²) in [6, 6.07) is 16.5. The van der Waals surface area contributed by atoms with Crippen LogP contribution in [-0.2, 0) is 24.7 Å². The van der Waals surface area contributed by atoms with E-state index in [0.29, 0.717) is 12.2 Å². The number of pyridine rings is 1. The summed E-state index contributed by atoms with van der Waals surface area (Å²) in [6.07, 6.45) is 5.81. The van der Waals surface area contributed by atoms with Gasteiger partial charge in [0.05, 0.1) is 11.1 Å². The Hall–Kier alpha value is -2.43. The van der Waals surface area contributed by atoms with Gasteiger partial charge in [-0.15, -0.1) is 0 Å². The monoisotopic (exact) mass is 412 g/mol. The predicted octanol–water partition coefficient (Wildman–Crippen LogP) is 3.75. The Morgan fingerprint density at radius 3 is 2.77 bits per heavy atom. The molecule has 3 atom stereocenters. The van der Waals surface area contributed by atoms with Crippen molar-refractivity contribution in [3.63, 3.8) is 0 Å². The Morgan fingerprint density at radius 2 is 1.90 bits per heavy atom. The summed E-state index contributed by atoms with van der Waals surface area (Å²) in [4.78, 5) is 7.65. The van der Waals surface area contributed by atoms with E-state index >= 15 is 0 Å². The highest BCUT2D eigenvalue weighted by Gasteiger charge is 2.64. The molecule has 2 N–H and O–H groups in total. The minimum absolute atomic E-state index is 0.124. The van der Waals surface area contributed by atoms with E-state index in [4.69, 9.17) is 4.98 Å². The fourth-order valence-electron chi connectivity index (χ4n) is 6.95. The second-order valence-electron chi connectivity index (χ2n) is 10.4. The number of phenols is 1. The molecular weight excluding hydrogens is 384 g/mol. The van der Waals surface area contributed by atoms with Crippen LogP contribution in [0.4, 0.5) is 0 Å². The first kappa shape index (κ1) is 18.2. The third-order valence-electron chi connectivity index (χ3n) is 8.68. The average molecular weight is 413 g/mol. The molecule has 1 aliphatic heterocycles. The molecule has 1 saturated heterocycles. The first-order valence-electron chi connectivity index (χ1n) is 11.7. The fraction of sp³-hybridized carbons (Fsp3) is 0.444. The Labute approximate surface area is 182 Å². The number of aliphatic hydroxyl groups is 1. The van der Waals surface area contributed by atoms with Crippen molar-refractivity contribution in [3.8, 4) is 5.75 Å². The standard InChI is InChI=1S/C27H28N2O2/c30-21-8-7-18-12-25-27(31)14-20-11-19-3-1-2-4-23(19)28-24(20)15-26(27,22(18)13-21)9-10-29(25)16-17-5-6-17/h1-4,7-8,11,13,17,25,30-31H,5-6,9-10,12,14-16H2/t25-,26-,27-/m1/s1. The molecule has 31 heavy (non-hydrogen) atoms. The zero-order valence-corrected chi connectivity index (χ0v) is 17.7. The number of aromatic nitrogens is 1. The van der Waals surface area contributed by atoms with Crippen LogP contribution >= 0.6 is 0 Å². The molecule has 0 radical (unpaired) electrons. The fourth-order valence-corrected chi connectivity index (χ4v) is 6.95. The van der Waals surface area contributed by atoms with Crippen molar-refractivity contribution in [3.05, 3.63) is 70.9 Å². The molecule has 2 bridgehead atoms. The number of piperidine rings is 1. The highest BCUT2D eigenvalue weighted by atomic mass is 16.3. The number of likely N-dealkylation sites (tertiary alicyclic amines) is 1. The van der Waals surface area contributed by atoms with Gasteiger partial charge in [0, 0.05) is 41.9 Å². The number of aromatic hydroxyl groups is 1. The number of hydrogen-bond donors (Lipinski definition) is 2. The van der Waals surface area contributed by atoms with Gasteiger partial charge >= 0.3 is 0 Å². The third kappa shape index (κ3) is 2.46. The van der Waals surface area contributed by atoms with Crippen LogP contribution in [0.25, 0.3) is 10.9 Å². The maximum Gasteiger partial charge on any atom is 0.115 e. The molecule has 4 aliphatic rings. The molecule has 7 rings (SSSR count). The molecule has 3 aliphatic carbocycles. The van der Waals surface area contributed by atoms with E-state index in [9.17, 15) is 10.2 Å². The lowest BCUT2D eigenvalue weighted by Crippen LogP contribution is -2.74. The minimum atomic E-state index is -0.835. The molecule has 0 spiro atoms. The van der Waals surface area contributed by atoms with Crippen molar-refractivity contribution in [2.24, 2.45) is 5.92 Å². The Bertz CT molecular complexity index is 1220. The van der Waals surface area contributed by atoms with Crippen LogP contribution in [0.15, 0.2) is 48.5 Å². The number of fused-ring (bicyclic) bond motifs is 3. The van der Waals surface area contributed by atoms with E-state index in [1.807, 2.05) is 18.2 Å². The lowest BCUT2D eigenvalue weighted by molar-refractivity contribution is -0.152. The van der Waals surface area contributed by atoms with E-state index in [-0.39, 0.29) is 11.5 Å². The van der Waals surface area contributed by atoms with Crippen molar-refractivity contribution in [1.29, 1.82) is 0 Å². The van der Waals surface area contributed by atoms with Crippen LogP contribution in [0.3, 0.4) is 0 Å². The van der Waals surface area contributed by atoms with Crippen molar-refractivity contribution < 1.29 is 10.2 Å². The Balaban J connectivity index is 1.44. The first-order chi connectivity index (χ1) is 15.1. The Morgan fingerprint density at radius 1 is 1.03 bits per heavy atom. The number of phenolic OH excluding ortho intramolecular Hbond substituents is 1. The summed E-state index contributed by atoms with van der Waals surface area (Å²) in [6.45, 7) is 2.13. The van der Waals surface area contributed by atoms with E-state index < -0.39 is 5.60 Å². The Kier molecular flexibility index (Phi) is 3.57. The molecule has 2 fully saturated rings. The lowest BCUT2D eigenvalue weighted by atomic mass is 9.49. The normalized spacial score (nSPS) is 31.7. The van der Waals surface area contributed by atoms with Crippen molar-refractivity contribution in [1.82, 2.24) is 9.88 Å². The van der Waals surface area contributed by atoms with Gasteiger partial charge in [-0.1, -0.05) is 24.3 Å². The van der Waals surface area contributed by atoms with E-state index in [1.165, 1.54) is 24.0 Å². The van der Waals surface area contributed by atoms with Gasteiger partial charge in [-0.25, -0.2) is 0 Å². The van der Waals surface area contributed by atoms with Gasteiger partial charge in [0.1, 0.15) is 5.75 Å². The first-order valence-corrected chi connectivity index (χ1v) is 11.7. The van der Waals surface area contributed by atoms with E-state index in [0.717, 1.165) is 60.4 Å². The highest BCUT2D eigenvalue weighted by molar-refractivity contribution is 5.79. The van der Waals surface area contributed by atoms with Crippen molar-refractivity contribution in [2.45, 2.75) is 55.6 Å². The van der Waals surface area contributed by atoms with Crippen LogP contribution < -0.4 is 0 Å². The zero-order chi connectivity index (χ0) is 20.8. The quantitative estimate of drug-likeness (QED) is 0.673. The maximum absolute atomic E-state index is 12.6. The lowest BCUT2D eigenvalue weighted by Gasteiger charge is -2.63. The van der Waals surface area contributed by atoms with Crippen LogP contribution in [0.1, 0.15) is 41.6 Å². The molecule has 4 nitrogen and oxygen atoms in total. The minimum Gasteiger partial charge on any atom is -0.508 e. The summed E-state index contributed by atoms with van der Waals surface area (Å²) < 4.78 is 0. The van der Waals surface area contributed by atoms with Gasteiger partial charge in [-0.2, -0.15) is 0 Å². The predicted molar refractivity (Wildman–Crippen MR) is 120 cm³/mol. The smallest absolute Gasteiger partial charge is 0.115 e. The van der Waals surface area contributed by atoms with Gasteiger partial charge in [0.25, 0.3) is 0 Å². The third-order valence-corrected chi connectivity index (χ3v) is 8.68. The molecule has 158 valence electrons. The second-order valence-corrected chi connectivity index (χ2v) is 10.4. The molecular formula is C27H28N2O2. The molecule has 3 aromatic rings. The van der Waals surface area contributed by atoms with Crippen molar-refractivity contribution in [2.75, 3.05) is 13.1 Å². The van der Waals surface area contributed by atoms with Gasteiger partial charge in [0.2, 0.25) is 0 Å². The summed E-state index contributed by atoms with van der Waals surface area (Å²) in [5.74, 6) is 1.10. The summed E-state index contributed by atoms with van der Waals surface area (Å²) in [5.41, 5.74) is 4.56. The van der Waals surface area contributed by atoms with E-state index in [1.54, 1.807) is 0 Å². The number of benzene rings is 2. The maximum atomic E-state index is 12.6. The van der Waals surface area contributed by atoms with Crippen molar-refractivity contribution >= 4 is 10.9 Å². The summed E-state index contributed by atoms with van der Waals surface area (Å²) >= 11 is 0. The van der Waals surface area contributed by atoms with Gasteiger partial charge < -0.3 is 10.2 Å². The van der Waals surface area contributed by atoms with E-state index in [2.05, 4.69) is 35.2 Å². The van der Waals surface area contributed by atoms with Gasteiger partial charge in [-0.3, -0.25) is 9.88 Å². The SMILES string of the molecule is Oc1ccc2c(c1)[C@]13CCN(CC4CC4)[C@H](C2)[C@]1(O)Cc1cc2ccccc2nc1C3. The topological polar surface area (TPSA) is 56.6 Å². The molecule has 4 heteroatoms. The van der Waals surface area contributed by atoms with Crippen LogP contribution in [0.5, 0.6) is 5.75 Å². The number of nitrogens with zero attached hydrogens (tertiary/aromatic N) is 2. The molecule has 1 saturated carbocycles. The van der Waals surface area contributed by atoms with Gasteiger partial charge in [0.15, 0.2) is 0 Å². The van der Waals surface area contributed by atoms with Crippen LogP contribution in [0.2, 0.25) is 0 Å². The number of rotatable bonds is 2.